The molecule has 0 atom stereocenters. The molecular formula is C20H22N3+. The largest absolute Gasteiger partial charge is 0.307 e. The van der Waals surface area contributed by atoms with Crippen molar-refractivity contribution in [3.05, 3.63) is 52.3 Å². The number of rotatable bonds is 0. The fraction of sp³-hybridized carbons (Fsp3) is 0.300. The van der Waals surface area contributed by atoms with Gasteiger partial charge in [-0.15, -0.1) is 4.52 Å². The second kappa shape index (κ2) is 4.54. The van der Waals surface area contributed by atoms with Gasteiger partial charge in [0.2, 0.25) is 0 Å². The third-order valence-electron chi connectivity index (χ3n) is 5.49. The smallest absolute Gasteiger partial charge is 0.154 e. The van der Waals surface area contributed by atoms with Crippen LogP contribution in [-0.4, -0.2) is 9.50 Å². The second-order valence-electron chi connectivity index (χ2n) is 6.67. The quantitative estimate of drug-likeness (QED) is 0.355. The number of aryl methyl sites for hydroxylation is 4. The van der Waals surface area contributed by atoms with Crippen LogP contribution in [0.25, 0.3) is 27.3 Å². The molecule has 0 radical (unpaired) electrons. The van der Waals surface area contributed by atoms with E-state index < -0.39 is 0 Å². The van der Waals surface area contributed by atoms with Crippen LogP contribution in [0.5, 0.6) is 0 Å². The van der Waals surface area contributed by atoms with Crippen LogP contribution in [0.15, 0.2) is 24.5 Å². The fourth-order valence-corrected chi connectivity index (χ4v) is 3.90. The van der Waals surface area contributed by atoms with Crippen LogP contribution in [-0.2, 0) is 7.05 Å². The molecule has 0 aliphatic rings. The molecule has 23 heavy (non-hydrogen) atoms. The van der Waals surface area contributed by atoms with Gasteiger partial charge in [0.15, 0.2) is 0 Å². The Morgan fingerprint density at radius 3 is 2.22 bits per heavy atom. The van der Waals surface area contributed by atoms with Gasteiger partial charge in [0.1, 0.15) is 7.05 Å². The van der Waals surface area contributed by atoms with E-state index in [0.717, 1.165) is 5.65 Å². The van der Waals surface area contributed by atoms with E-state index in [1.54, 1.807) is 0 Å². The van der Waals surface area contributed by atoms with Crippen molar-refractivity contribution in [3.8, 4) is 0 Å². The summed E-state index contributed by atoms with van der Waals surface area (Å²) in [6.45, 7) is 11.1. The Morgan fingerprint density at radius 1 is 0.870 bits per heavy atom. The van der Waals surface area contributed by atoms with Crippen LogP contribution in [0.2, 0.25) is 0 Å². The summed E-state index contributed by atoms with van der Waals surface area (Å²) in [6, 6.07) is 6.58. The zero-order valence-corrected chi connectivity index (χ0v) is 14.7. The van der Waals surface area contributed by atoms with Gasteiger partial charge in [-0.05, 0) is 67.4 Å². The third kappa shape index (κ3) is 1.65. The first-order chi connectivity index (χ1) is 10.9. The van der Waals surface area contributed by atoms with Gasteiger partial charge in [-0.1, -0.05) is 18.2 Å². The van der Waals surface area contributed by atoms with E-state index in [1.807, 2.05) is 6.33 Å². The summed E-state index contributed by atoms with van der Waals surface area (Å²) < 4.78 is 4.32. The highest BCUT2D eigenvalue weighted by Gasteiger charge is 2.22. The normalized spacial score (nSPS) is 11.9. The molecule has 2 aromatic heterocycles. The lowest BCUT2D eigenvalue weighted by Crippen LogP contribution is -2.34. The van der Waals surface area contributed by atoms with Crippen LogP contribution in [0.3, 0.4) is 0 Å². The molecule has 0 saturated carbocycles. The van der Waals surface area contributed by atoms with Crippen LogP contribution < -0.4 is 4.68 Å². The Balaban J connectivity index is 2.53. The molecule has 0 spiro atoms. The van der Waals surface area contributed by atoms with Crippen LogP contribution in [0.1, 0.15) is 27.8 Å². The van der Waals surface area contributed by atoms with E-state index in [4.69, 9.17) is 4.98 Å². The predicted molar refractivity (Wildman–Crippen MR) is 95.1 cm³/mol. The van der Waals surface area contributed by atoms with Crippen LogP contribution in [0, 0.1) is 34.6 Å². The van der Waals surface area contributed by atoms with Crippen molar-refractivity contribution < 1.29 is 4.68 Å². The Hall–Kier alpha value is -2.42. The molecular weight excluding hydrogens is 282 g/mol. The van der Waals surface area contributed by atoms with E-state index >= 15 is 0 Å². The molecule has 0 saturated heterocycles. The maximum Gasteiger partial charge on any atom is 0.307 e. The van der Waals surface area contributed by atoms with Crippen molar-refractivity contribution in [3.63, 3.8) is 0 Å². The first kappa shape index (κ1) is 14.2. The van der Waals surface area contributed by atoms with E-state index in [0.29, 0.717) is 0 Å². The fourth-order valence-electron chi connectivity index (χ4n) is 3.90. The molecule has 0 bridgehead atoms. The molecule has 0 amide bonds. The Morgan fingerprint density at radius 2 is 1.52 bits per heavy atom. The van der Waals surface area contributed by atoms with Crippen molar-refractivity contribution in [2.24, 2.45) is 7.05 Å². The number of benzene rings is 2. The number of nitrogens with zero attached hydrogens (tertiary/aromatic N) is 3. The molecule has 2 heterocycles. The molecule has 2 aromatic carbocycles. The van der Waals surface area contributed by atoms with Gasteiger partial charge in [-0.2, -0.15) is 4.68 Å². The zero-order valence-electron chi connectivity index (χ0n) is 14.7. The standard InChI is InChI=1S/C20H22N3/c1-11-8-7-9-16-17-14(4)12(2)13(3)15(5)18(17)20-21-10-22(6)23(20)19(11)16/h7-10H,1-6H3/q+1. The molecule has 3 heteroatoms. The van der Waals surface area contributed by atoms with Crippen molar-refractivity contribution in [2.75, 3.05) is 0 Å². The highest BCUT2D eigenvalue weighted by Crippen LogP contribution is 2.36. The minimum atomic E-state index is 1.05. The SMILES string of the molecule is Cc1c(C)c(C)c2c(c1C)c1cccc(C)c1n1c2nc[n+]1C. The van der Waals surface area contributed by atoms with Gasteiger partial charge < -0.3 is 0 Å². The monoisotopic (exact) mass is 304 g/mol. The van der Waals surface area contributed by atoms with Crippen molar-refractivity contribution in [2.45, 2.75) is 34.6 Å². The topological polar surface area (TPSA) is 21.2 Å². The summed E-state index contributed by atoms with van der Waals surface area (Å²) in [4.78, 5) is 4.74. The maximum absolute atomic E-state index is 4.74. The average molecular weight is 304 g/mol. The van der Waals surface area contributed by atoms with Gasteiger partial charge in [0, 0.05) is 10.8 Å². The van der Waals surface area contributed by atoms with Crippen molar-refractivity contribution in [1.82, 2.24) is 9.50 Å². The number of hydrogen-bond acceptors (Lipinski definition) is 1. The number of hydrogen-bond donors (Lipinski definition) is 0. The van der Waals surface area contributed by atoms with Gasteiger partial charge in [-0.3, -0.25) is 0 Å². The molecule has 3 nitrogen and oxygen atoms in total. The highest BCUT2D eigenvalue weighted by molar-refractivity contribution is 6.15. The first-order valence-electron chi connectivity index (χ1n) is 8.08. The lowest BCUT2D eigenvalue weighted by Gasteiger charge is -2.16. The lowest BCUT2D eigenvalue weighted by atomic mass is 9.90. The highest BCUT2D eigenvalue weighted by atomic mass is 15.4. The average Bonchev–Trinajstić information content (AvgIpc) is 2.91. The van der Waals surface area contributed by atoms with Gasteiger partial charge >= 0.3 is 6.33 Å². The maximum atomic E-state index is 4.74. The van der Waals surface area contributed by atoms with Gasteiger partial charge in [-0.25, -0.2) is 0 Å². The Kier molecular flexibility index (Phi) is 2.80. The molecule has 0 unspecified atom stereocenters. The number of para-hydroxylation sites is 1. The van der Waals surface area contributed by atoms with Crippen LogP contribution in [0.4, 0.5) is 0 Å². The Labute approximate surface area is 136 Å². The van der Waals surface area contributed by atoms with E-state index in [1.165, 1.54) is 49.5 Å². The van der Waals surface area contributed by atoms with Gasteiger partial charge in [0.05, 0.1) is 10.9 Å². The molecule has 0 aliphatic carbocycles. The molecule has 0 fully saturated rings. The minimum absolute atomic E-state index is 1.05. The summed E-state index contributed by atoms with van der Waals surface area (Å²) in [5.41, 5.74) is 9.04. The number of fused-ring (bicyclic) bond motifs is 6. The first-order valence-corrected chi connectivity index (χ1v) is 8.08. The van der Waals surface area contributed by atoms with Crippen LogP contribution >= 0.6 is 0 Å². The summed E-state index contributed by atoms with van der Waals surface area (Å²) in [5.74, 6) is 0. The second-order valence-corrected chi connectivity index (χ2v) is 6.67. The summed E-state index contributed by atoms with van der Waals surface area (Å²) in [6.07, 6.45) is 1.91. The van der Waals surface area contributed by atoms with E-state index in [9.17, 15) is 0 Å². The molecule has 0 N–H and O–H groups in total. The Bertz CT molecular complexity index is 1120. The number of aromatic nitrogens is 3. The molecule has 116 valence electrons. The van der Waals surface area contributed by atoms with E-state index in [-0.39, 0.29) is 0 Å². The number of pyridine rings is 1. The third-order valence-corrected chi connectivity index (χ3v) is 5.49. The van der Waals surface area contributed by atoms with E-state index in [2.05, 4.69) is 69.1 Å². The molecule has 0 aliphatic heterocycles. The summed E-state index contributed by atoms with van der Waals surface area (Å²) in [5, 5.41) is 3.94. The zero-order chi connectivity index (χ0) is 16.5. The predicted octanol–water partition coefficient (Wildman–Crippen LogP) is 4.01. The molecule has 4 aromatic rings. The van der Waals surface area contributed by atoms with Gasteiger partial charge in [0.25, 0.3) is 5.65 Å². The lowest BCUT2D eigenvalue weighted by molar-refractivity contribution is -0.736. The van der Waals surface area contributed by atoms with Crippen molar-refractivity contribution in [1.29, 1.82) is 0 Å². The summed E-state index contributed by atoms with van der Waals surface area (Å²) in [7, 11) is 2.06. The van der Waals surface area contributed by atoms with Crippen molar-refractivity contribution >= 4 is 27.3 Å². The molecule has 4 rings (SSSR count). The minimum Gasteiger partial charge on any atom is -0.154 e. The summed E-state index contributed by atoms with van der Waals surface area (Å²) >= 11 is 0.